The number of thiophene rings is 1. The number of hydrogen-bond acceptors (Lipinski definition) is 5. The first-order valence-corrected chi connectivity index (χ1v) is 8.53. The van der Waals surface area contributed by atoms with Crippen LogP contribution in [0.3, 0.4) is 0 Å². The van der Waals surface area contributed by atoms with Crippen molar-refractivity contribution < 1.29 is 5.11 Å². The third-order valence-corrected chi connectivity index (χ3v) is 4.66. The number of rotatable bonds is 3. The monoisotopic (exact) mass is 353 g/mol. The van der Waals surface area contributed by atoms with Crippen LogP contribution in [0.5, 0.6) is 5.75 Å². The minimum atomic E-state index is 0.111. The van der Waals surface area contributed by atoms with Gasteiger partial charge in [-0.05, 0) is 41.8 Å². The average molecular weight is 354 g/mol. The highest BCUT2D eigenvalue weighted by Crippen LogP contribution is 2.33. The van der Waals surface area contributed by atoms with Crippen LogP contribution in [-0.4, -0.2) is 15.1 Å². The molecule has 0 saturated carbocycles. The third kappa shape index (κ3) is 2.79. The molecule has 0 aliphatic rings. The Labute approximate surface area is 147 Å². The lowest BCUT2D eigenvalue weighted by Crippen LogP contribution is -1.99. The minimum Gasteiger partial charge on any atom is -0.506 e. The molecule has 0 bridgehead atoms. The molecule has 2 aromatic carbocycles. The lowest BCUT2D eigenvalue weighted by Gasteiger charge is -2.12. The van der Waals surface area contributed by atoms with E-state index in [9.17, 15) is 5.11 Å². The van der Waals surface area contributed by atoms with E-state index in [4.69, 9.17) is 11.6 Å². The predicted octanol–water partition coefficient (Wildman–Crippen LogP) is 5.46. The molecule has 0 spiro atoms. The maximum Gasteiger partial charge on any atom is 0.172 e. The number of aromatic nitrogens is 2. The molecule has 6 heteroatoms. The second-order valence-corrected chi connectivity index (χ2v) is 6.56. The van der Waals surface area contributed by atoms with Crippen LogP contribution >= 0.6 is 22.9 Å². The first-order valence-electron chi connectivity index (χ1n) is 7.27. The summed E-state index contributed by atoms with van der Waals surface area (Å²) in [6, 6.07) is 16.6. The second-order valence-electron chi connectivity index (χ2n) is 5.18. The molecule has 0 atom stereocenters. The number of fused-ring (bicyclic) bond motifs is 1. The van der Waals surface area contributed by atoms with E-state index >= 15 is 0 Å². The van der Waals surface area contributed by atoms with Gasteiger partial charge < -0.3 is 10.4 Å². The standard InChI is InChI=1S/C18H12ClN3OS/c19-11-7-8-15(23)14(10-11)21-17-12-4-1-2-5-13(12)20-18(22-17)16-6-3-9-24-16/h1-10,23H,(H,20,21,22). The summed E-state index contributed by atoms with van der Waals surface area (Å²) in [7, 11) is 0. The molecule has 0 amide bonds. The molecule has 4 aromatic rings. The number of phenols is 1. The lowest BCUT2D eigenvalue weighted by molar-refractivity contribution is 0.478. The van der Waals surface area contributed by atoms with E-state index in [-0.39, 0.29) is 5.75 Å². The van der Waals surface area contributed by atoms with E-state index in [1.54, 1.807) is 29.5 Å². The summed E-state index contributed by atoms with van der Waals surface area (Å²) < 4.78 is 0. The van der Waals surface area contributed by atoms with Gasteiger partial charge in [-0.2, -0.15) is 0 Å². The fourth-order valence-electron chi connectivity index (χ4n) is 2.42. The number of phenolic OH excluding ortho intramolecular Hbond substituents is 1. The first-order chi connectivity index (χ1) is 11.7. The van der Waals surface area contributed by atoms with Crippen molar-refractivity contribution in [3.05, 3.63) is 65.0 Å². The predicted molar refractivity (Wildman–Crippen MR) is 99.3 cm³/mol. The molecule has 2 N–H and O–H groups in total. The quantitative estimate of drug-likeness (QED) is 0.480. The maximum atomic E-state index is 10.1. The van der Waals surface area contributed by atoms with Crippen LogP contribution in [0, 0.1) is 0 Å². The van der Waals surface area contributed by atoms with Crippen molar-refractivity contribution in [3.8, 4) is 16.5 Å². The number of aromatic hydroxyl groups is 1. The highest BCUT2D eigenvalue weighted by Gasteiger charge is 2.12. The zero-order valence-electron chi connectivity index (χ0n) is 12.4. The van der Waals surface area contributed by atoms with Gasteiger partial charge >= 0.3 is 0 Å². The Morgan fingerprint density at radius 1 is 1.00 bits per heavy atom. The number of nitrogens with zero attached hydrogens (tertiary/aromatic N) is 2. The Hall–Kier alpha value is -2.63. The molecule has 0 aliphatic carbocycles. The third-order valence-electron chi connectivity index (χ3n) is 3.56. The molecule has 24 heavy (non-hydrogen) atoms. The highest BCUT2D eigenvalue weighted by atomic mass is 35.5. The summed E-state index contributed by atoms with van der Waals surface area (Å²) >= 11 is 7.61. The molecule has 0 radical (unpaired) electrons. The number of para-hydroxylation sites is 1. The van der Waals surface area contributed by atoms with E-state index < -0.39 is 0 Å². The van der Waals surface area contributed by atoms with Gasteiger partial charge in [-0.1, -0.05) is 29.8 Å². The van der Waals surface area contributed by atoms with E-state index in [0.717, 1.165) is 15.8 Å². The number of benzene rings is 2. The number of hydrogen-bond donors (Lipinski definition) is 2. The Bertz CT molecular complexity index is 1020. The highest BCUT2D eigenvalue weighted by molar-refractivity contribution is 7.13. The molecule has 2 heterocycles. The summed E-state index contributed by atoms with van der Waals surface area (Å²) in [5.41, 5.74) is 1.34. The SMILES string of the molecule is Oc1ccc(Cl)cc1Nc1nc(-c2cccs2)nc2ccccc12. The van der Waals surface area contributed by atoms with Crippen LogP contribution in [-0.2, 0) is 0 Å². The largest absolute Gasteiger partial charge is 0.506 e. The van der Waals surface area contributed by atoms with Crippen molar-refractivity contribution in [1.82, 2.24) is 9.97 Å². The van der Waals surface area contributed by atoms with Gasteiger partial charge in [-0.25, -0.2) is 9.97 Å². The van der Waals surface area contributed by atoms with Gasteiger partial charge in [0.15, 0.2) is 5.82 Å². The Balaban J connectivity index is 1.88. The average Bonchev–Trinajstić information content (AvgIpc) is 3.13. The Morgan fingerprint density at radius 3 is 2.71 bits per heavy atom. The Morgan fingerprint density at radius 2 is 1.88 bits per heavy atom. The summed E-state index contributed by atoms with van der Waals surface area (Å²) in [5, 5.41) is 16.6. The van der Waals surface area contributed by atoms with Crippen LogP contribution in [0.25, 0.3) is 21.6 Å². The van der Waals surface area contributed by atoms with Crippen molar-refractivity contribution in [1.29, 1.82) is 0 Å². The van der Waals surface area contributed by atoms with Crippen LogP contribution in [0.15, 0.2) is 60.0 Å². The fourth-order valence-corrected chi connectivity index (χ4v) is 3.25. The van der Waals surface area contributed by atoms with Gasteiger partial charge in [0.1, 0.15) is 11.6 Å². The van der Waals surface area contributed by atoms with Crippen LogP contribution < -0.4 is 5.32 Å². The topological polar surface area (TPSA) is 58.0 Å². The summed E-state index contributed by atoms with van der Waals surface area (Å²) in [6.45, 7) is 0. The zero-order valence-corrected chi connectivity index (χ0v) is 14.0. The van der Waals surface area contributed by atoms with Gasteiger partial charge in [0.05, 0.1) is 16.1 Å². The molecule has 118 valence electrons. The molecule has 2 aromatic heterocycles. The molecule has 4 nitrogen and oxygen atoms in total. The normalized spacial score (nSPS) is 10.9. The van der Waals surface area contributed by atoms with Gasteiger partial charge in [-0.15, -0.1) is 11.3 Å². The van der Waals surface area contributed by atoms with Crippen molar-refractivity contribution in [2.24, 2.45) is 0 Å². The summed E-state index contributed by atoms with van der Waals surface area (Å²) in [4.78, 5) is 10.3. The smallest absolute Gasteiger partial charge is 0.172 e. The van der Waals surface area contributed by atoms with E-state index in [2.05, 4.69) is 15.3 Å². The molecule has 0 fully saturated rings. The van der Waals surface area contributed by atoms with Gasteiger partial charge in [0.2, 0.25) is 0 Å². The van der Waals surface area contributed by atoms with Crippen LogP contribution in [0.2, 0.25) is 5.02 Å². The first kappa shape index (κ1) is 14.9. The molecule has 0 saturated heterocycles. The van der Waals surface area contributed by atoms with Crippen LogP contribution in [0.1, 0.15) is 0 Å². The van der Waals surface area contributed by atoms with Gasteiger partial charge in [0.25, 0.3) is 0 Å². The van der Waals surface area contributed by atoms with E-state index in [0.29, 0.717) is 22.4 Å². The molecular formula is C18H12ClN3OS. The molecular weight excluding hydrogens is 342 g/mol. The van der Waals surface area contributed by atoms with Gasteiger partial charge in [0, 0.05) is 10.4 Å². The summed E-state index contributed by atoms with van der Waals surface area (Å²) in [5.74, 6) is 1.38. The molecule has 0 aliphatic heterocycles. The second kappa shape index (κ2) is 6.11. The van der Waals surface area contributed by atoms with Crippen molar-refractivity contribution >= 4 is 45.3 Å². The molecule has 4 rings (SSSR count). The Kier molecular flexibility index (Phi) is 3.80. The van der Waals surface area contributed by atoms with Crippen molar-refractivity contribution in [2.45, 2.75) is 0 Å². The zero-order chi connectivity index (χ0) is 16.5. The summed E-state index contributed by atoms with van der Waals surface area (Å²) in [6.07, 6.45) is 0. The van der Waals surface area contributed by atoms with Gasteiger partial charge in [-0.3, -0.25) is 0 Å². The van der Waals surface area contributed by atoms with E-state index in [1.165, 1.54) is 0 Å². The van der Waals surface area contributed by atoms with Crippen LogP contribution in [0.4, 0.5) is 11.5 Å². The molecule has 0 unspecified atom stereocenters. The van der Waals surface area contributed by atoms with E-state index in [1.807, 2.05) is 41.8 Å². The van der Waals surface area contributed by atoms with Crippen molar-refractivity contribution in [3.63, 3.8) is 0 Å². The number of halogens is 1. The number of anilines is 2. The fraction of sp³-hybridized carbons (Fsp3) is 0. The maximum absolute atomic E-state index is 10.1. The number of nitrogens with one attached hydrogen (secondary N) is 1. The lowest BCUT2D eigenvalue weighted by atomic mass is 10.2. The minimum absolute atomic E-state index is 0.111. The van der Waals surface area contributed by atoms with Crippen molar-refractivity contribution in [2.75, 3.05) is 5.32 Å².